The van der Waals surface area contributed by atoms with Gasteiger partial charge in [0.2, 0.25) is 0 Å². The number of carbonyl (C=O) groups is 1. The Hall–Kier alpha value is -1.49. The van der Waals surface area contributed by atoms with Crippen LogP contribution in [0.25, 0.3) is 0 Å². The summed E-state index contributed by atoms with van der Waals surface area (Å²) in [5, 5.41) is 8.85. The molecule has 4 nitrogen and oxygen atoms in total. The number of rotatable bonds is 5. The molecular formula is C12H17FN2O2. The predicted molar refractivity (Wildman–Crippen MR) is 62.1 cm³/mol. The van der Waals surface area contributed by atoms with E-state index in [1.165, 1.54) is 6.07 Å². The molecule has 0 amide bonds. The molecule has 0 bridgehead atoms. The number of carboxylic acid groups (broad SMARTS) is 1. The van der Waals surface area contributed by atoms with Gasteiger partial charge in [0.25, 0.3) is 0 Å². The summed E-state index contributed by atoms with van der Waals surface area (Å²) in [6.45, 7) is 5.59. The van der Waals surface area contributed by atoms with Crippen molar-refractivity contribution in [3.63, 3.8) is 0 Å². The van der Waals surface area contributed by atoms with Crippen LogP contribution in [-0.2, 0) is 4.79 Å². The fourth-order valence-corrected chi connectivity index (χ4v) is 1.77. The first-order valence-corrected chi connectivity index (χ1v) is 5.49. The van der Waals surface area contributed by atoms with Crippen LogP contribution in [-0.4, -0.2) is 33.5 Å². The topological polar surface area (TPSA) is 53.4 Å². The SMILES string of the molecule is CC(C)N(CC(=O)O)C(C)c1cncc(F)c1. The largest absolute Gasteiger partial charge is 0.480 e. The van der Waals surface area contributed by atoms with Crippen LogP contribution in [0.3, 0.4) is 0 Å². The number of hydrogen-bond acceptors (Lipinski definition) is 3. The summed E-state index contributed by atoms with van der Waals surface area (Å²) < 4.78 is 13.1. The van der Waals surface area contributed by atoms with Crippen molar-refractivity contribution >= 4 is 5.97 Å². The molecular weight excluding hydrogens is 223 g/mol. The molecule has 0 spiro atoms. The molecule has 1 atom stereocenters. The molecule has 0 saturated heterocycles. The highest BCUT2D eigenvalue weighted by molar-refractivity contribution is 5.69. The number of hydrogen-bond donors (Lipinski definition) is 1. The Balaban J connectivity index is 2.91. The van der Waals surface area contributed by atoms with Crippen LogP contribution in [0.5, 0.6) is 0 Å². The summed E-state index contributed by atoms with van der Waals surface area (Å²) in [7, 11) is 0. The van der Waals surface area contributed by atoms with Crippen LogP contribution < -0.4 is 0 Å². The van der Waals surface area contributed by atoms with E-state index in [-0.39, 0.29) is 18.6 Å². The average Bonchev–Trinajstić information content (AvgIpc) is 2.24. The van der Waals surface area contributed by atoms with Crippen LogP contribution in [0.4, 0.5) is 4.39 Å². The van der Waals surface area contributed by atoms with Crippen LogP contribution in [0.15, 0.2) is 18.5 Å². The van der Waals surface area contributed by atoms with Gasteiger partial charge in [-0.25, -0.2) is 4.39 Å². The van der Waals surface area contributed by atoms with E-state index in [9.17, 15) is 9.18 Å². The molecule has 1 unspecified atom stereocenters. The highest BCUT2D eigenvalue weighted by Crippen LogP contribution is 2.21. The van der Waals surface area contributed by atoms with Crippen molar-refractivity contribution in [3.05, 3.63) is 29.8 Å². The standard InChI is InChI=1S/C12H17FN2O2/c1-8(2)15(7-12(16)17)9(3)10-4-11(13)6-14-5-10/h4-6,8-9H,7H2,1-3H3,(H,16,17). The van der Waals surface area contributed by atoms with Gasteiger partial charge >= 0.3 is 5.97 Å². The van der Waals surface area contributed by atoms with Crippen molar-refractivity contribution in [3.8, 4) is 0 Å². The molecule has 0 aliphatic rings. The van der Waals surface area contributed by atoms with E-state index in [1.54, 1.807) is 11.1 Å². The van der Waals surface area contributed by atoms with E-state index in [0.717, 1.165) is 6.20 Å². The molecule has 0 saturated carbocycles. The van der Waals surface area contributed by atoms with Crippen molar-refractivity contribution in [1.82, 2.24) is 9.88 Å². The molecule has 1 aromatic rings. The van der Waals surface area contributed by atoms with Gasteiger partial charge in [-0.2, -0.15) is 0 Å². The Morgan fingerprint density at radius 1 is 1.47 bits per heavy atom. The van der Waals surface area contributed by atoms with E-state index in [2.05, 4.69) is 4.98 Å². The lowest BCUT2D eigenvalue weighted by atomic mass is 10.1. The van der Waals surface area contributed by atoms with Crippen LogP contribution in [0, 0.1) is 5.82 Å². The van der Waals surface area contributed by atoms with E-state index in [0.29, 0.717) is 5.56 Å². The molecule has 0 radical (unpaired) electrons. The van der Waals surface area contributed by atoms with E-state index >= 15 is 0 Å². The lowest BCUT2D eigenvalue weighted by molar-refractivity contribution is -0.139. The normalized spacial score (nSPS) is 13.1. The van der Waals surface area contributed by atoms with Gasteiger partial charge in [-0.1, -0.05) is 0 Å². The van der Waals surface area contributed by atoms with Gasteiger partial charge in [0, 0.05) is 18.3 Å². The minimum absolute atomic E-state index is 0.0596. The molecule has 0 fully saturated rings. The summed E-state index contributed by atoms with van der Waals surface area (Å²) in [5.74, 6) is -1.30. The number of carboxylic acids is 1. The van der Waals surface area contributed by atoms with Gasteiger partial charge in [0.1, 0.15) is 5.82 Å². The molecule has 1 heterocycles. The van der Waals surface area contributed by atoms with Crippen LogP contribution in [0.2, 0.25) is 0 Å². The Labute approximate surface area is 100 Å². The fraction of sp³-hybridized carbons (Fsp3) is 0.500. The molecule has 1 rings (SSSR count). The number of pyridine rings is 1. The second kappa shape index (κ2) is 5.72. The van der Waals surface area contributed by atoms with Gasteiger partial charge in [-0.3, -0.25) is 14.7 Å². The molecule has 1 N–H and O–H groups in total. The summed E-state index contributed by atoms with van der Waals surface area (Å²) in [5.41, 5.74) is 0.681. The third-order valence-electron chi connectivity index (χ3n) is 2.69. The Bertz CT molecular complexity index is 396. The highest BCUT2D eigenvalue weighted by atomic mass is 19.1. The molecule has 1 aromatic heterocycles. The van der Waals surface area contributed by atoms with Crippen molar-refractivity contribution in [2.45, 2.75) is 32.9 Å². The second-order valence-corrected chi connectivity index (χ2v) is 4.27. The molecule has 0 aliphatic heterocycles. The zero-order chi connectivity index (χ0) is 13.0. The lowest BCUT2D eigenvalue weighted by Gasteiger charge is -2.31. The maximum absolute atomic E-state index is 13.1. The first-order valence-electron chi connectivity index (χ1n) is 5.49. The lowest BCUT2D eigenvalue weighted by Crippen LogP contribution is -2.37. The summed E-state index contributed by atoms with van der Waals surface area (Å²) in [6, 6.07) is 1.26. The Morgan fingerprint density at radius 3 is 2.59 bits per heavy atom. The zero-order valence-electron chi connectivity index (χ0n) is 10.2. The van der Waals surface area contributed by atoms with Crippen LogP contribution >= 0.6 is 0 Å². The van der Waals surface area contributed by atoms with Crippen molar-refractivity contribution in [2.24, 2.45) is 0 Å². The first-order chi connectivity index (χ1) is 7.91. The number of aliphatic carboxylic acids is 1. The van der Waals surface area contributed by atoms with Crippen LogP contribution in [0.1, 0.15) is 32.4 Å². The quantitative estimate of drug-likeness (QED) is 0.856. The average molecular weight is 240 g/mol. The predicted octanol–water partition coefficient (Wildman–Crippen LogP) is 2.08. The first kappa shape index (κ1) is 13.6. The fourth-order valence-electron chi connectivity index (χ4n) is 1.77. The van der Waals surface area contributed by atoms with E-state index in [4.69, 9.17) is 5.11 Å². The zero-order valence-corrected chi connectivity index (χ0v) is 10.2. The van der Waals surface area contributed by atoms with Gasteiger partial charge in [-0.05, 0) is 32.4 Å². The van der Waals surface area contributed by atoms with E-state index < -0.39 is 11.8 Å². The maximum Gasteiger partial charge on any atom is 0.317 e. The third kappa shape index (κ3) is 3.78. The number of aromatic nitrogens is 1. The Kier molecular flexibility index (Phi) is 4.57. The number of halogens is 1. The minimum Gasteiger partial charge on any atom is -0.480 e. The van der Waals surface area contributed by atoms with Gasteiger partial charge < -0.3 is 5.11 Å². The van der Waals surface area contributed by atoms with Gasteiger partial charge in [-0.15, -0.1) is 0 Å². The molecule has 94 valence electrons. The van der Waals surface area contributed by atoms with Crippen molar-refractivity contribution in [1.29, 1.82) is 0 Å². The third-order valence-corrected chi connectivity index (χ3v) is 2.69. The molecule has 17 heavy (non-hydrogen) atoms. The molecule has 0 aromatic carbocycles. The van der Waals surface area contributed by atoms with Gasteiger partial charge in [0.15, 0.2) is 0 Å². The highest BCUT2D eigenvalue weighted by Gasteiger charge is 2.21. The summed E-state index contributed by atoms with van der Waals surface area (Å²) >= 11 is 0. The van der Waals surface area contributed by atoms with Crippen molar-refractivity contribution < 1.29 is 14.3 Å². The Morgan fingerprint density at radius 2 is 2.12 bits per heavy atom. The van der Waals surface area contributed by atoms with E-state index in [1.807, 2.05) is 20.8 Å². The molecule has 0 aliphatic carbocycles. The summed E-state index contributed by atoms with van der Waals surface area (Å²) in [6.07, 6.45) is 2.69. The summed E-state index contributed by atoms with van der Waals surface area (Å²) in [4.78, 5) is 16.3. The maximum atomic E-state index is 13.1. The number of nitrogens with zero attached hydrogens (tertiary/aromatic N) is 2. The second-order valence-electron chi connectivity index (χ2n) is 4.27. The van der Waals surface area contributed by atoms with Crippen molar-refractivity contribution in [2.75, 3.05) is 6.54 Å². The monoisotopic (exact) mass is 240 g/mol. The molecule has 5 heteroatoms. The van der Waals surface area contributed by atoms with Gasteiger partial charge in [0.05, 0.1) is 12.7 Å². The minimum atomic E-state index is -0.894. The smallest absolute Gasteiger partial charge is 0.317 e.